The number of benzene rings is 2. The van der Waals surface area contributed by atoms with E-state index in [1.165, 1.54) is 6.07 Å². The smallest absolute Gasteiger partial charge is 0.266 e. The van der Waals surface area contributed by atoms with Crippen LogP contribution < -0.4 is 14.8 Å². The summed E-state index contributed by atoms with van der Waals surface area (Å²) in [4.78, 5) is 12.6. The monoisotopic (exact) mass is 514 g/mol. The summed E-state index contributed by atoms with van der Waals surface area (Å²) in [6, 6.07) is 11.3. The molecule has 0 aliphatic rings. The van der Waals surface area contributed by atoms with Crippen LogP contribution in [0, 0.1) is 6.92 Å². The highest BCUT2D eigenvalue weighted by molar-refractivity contribution is 7.89. The second-order valence-electron chi connectivity index (χ2n) is 6.79. The summed E-state index contributed by atoms with van der Waals surface area (Å²) in [7, 11) is -3.61. The molecule has 3 rings (SSSR count). The number of aromatic nitrogens is 2. The van der Waals surface area contributed by atoms with Gasteiger partial charge in [0.25, 0.3) is 5.91 Å². The lowest BCUT2D eigenvalue weighted by atomic mass is 10.2. The molecule has 8 nitrogen and oxygen atoms in total. The molecule has 0 aliphatic carbocycles. The van der Waals surface area contributed by atoms with E-state index in [9.17, 15) is 13.2 Å². The van der Waals surface area contributed by atoms with Crippen LogP contribution in [0.3, 0.4) is 0 Å². The van der Waals surface area contributed by atoms with Crippen LogP contribution in [0.5, 0.6) is 5.75 Å². The molecule has 0 aliphatic heterocycles. The van der Waals surface area contributed by atoms with Gasteiger partial charge in [0.15, 0.2) is 6.10 Å². The zero-order chi connectivity index (χ0) is 23.3. The molecule has 3 aromatic rings. The molecule has 0 saturated heterocycles. The summed E-state index contributed by atoms with van der Waals surface area (Å²) in [6.07, 6.45) is -0.521. The van der Waals surface area contributed by atoms with Crippen molar-refractivity contribution < 1.29 is 17.9 Å². The van der Waals surface area contributed by atoms with Crippen molar-refractivity contribution in [2.24, 2.45) is 0 Å². The van der Waals surface area contributed by atoms with Crippen molar-refractivity contribution in [3.63, 3.8) is 0 Å². The van der Waals surface area contributed by atoms with E-state index in [0.717, 1.165) is 16.9 Å². The minimum absolute atomic E-state index is 0.146. The molecule has 1 heterocycles. The summed E-state index contributed by atoms with van der Waals surface area (Å²) in [5, 5.41) is 12.1. The van der Waals surface area contributed by atoms with Crippen LogP contribution in [0.2, 0.25) is 10.0 Å². The number of ether oxygens (including phenoxy) is 1. The quantitative estimate of drug-likeness (QED) is 0.445. The van der Waals surface area contributed by atoms with Gasteiger partial charge in [-0.15, -0.1) is 10.2 Å². The first-order valence-electron chi connectivity index (χ1n) is 9.45. The van der Waals surface area contributed by atoms with Crippen molar-refractivity contribution in [2.45, 2.75) is 31.3 Å². The molecular formula is C20H20Cl2N4O4S2. The van der Waals surface area contributed by atoms with Crippen LogP contribution in [-0.4, -0.2) is 37.2 Å². The molecule has 1 amide bonds. The maximum absolute atomic E-state index is 12.4. The topological polar surface area (TPSA) is 110 Å². The molecule has 0 spiro atoms. The fourth-order valence-corrected chi connectivity index (χ4v) is 4.75. The number of sulfonamides is 1. The van der Waals surface area contributed by atoms with Gasteiger partial charge in [0, 0.05) is 18.0 Å². The Labute approximate surface area is 200 Å². The van der Waals surface area contributed by atoms with Gasteiger partial charge in [-0.2, -0.15) is 0 Å². The average Bonchev–Trinajstić information content (AvgIpc) is 3.17. The SMILES string of the molecule is Cc1ccc(S(=O)(=O)NCCc2nnc(NC(=O)C(C)Oc3ccc(Cl)cc3Cl)s2)cc1. The third-order valence-electron chi connectivity index (χ3n) is 4.23. The Morgan fingerprint density at radius 2 is 1.88 bits per heavy atom. The highest BCUT2D eigenvalue weighted by atomic mass is 35.5. The van der Waals surface area contributed by atoms with E-state index in [1.54, 1.807) is 43.3 Å². The number of aryl methyl sites for hydroxylation is 1. The predicted molar refractivity (Wildman–Crippen MR) is 125 cm³/mol. The standard InChI is InChI=1S/C20H20Cl2N4O4S2/c1-12-3-6-15(7-4-12)32(28,29)23-10-9-18-25-26-20(31-18)24-19(27)13(2)30-17-8-5-14(21)11-16(17)22/h3-8,11,13,23H,9-10H2,1-2H3,(H,24,26,27). The zero-order valence-corrected chi connectivity index (χ0v) is 20.3. The van der Waals surface area contributed by atoms with E-state index in [-0.39, 0.29) is 16.6 Å². The summed E-state index contributed by atoms with van der Waals surface area (Å²) in [6.45, 7) is 3.60. The Morgan fingerprint density at radius 1 is 1.16 bits per heavy atom. The molecule has 1 unspecified atom stereocenters. The Bertz CT molecular complexity index is 1200. The minimum atomic E-state index is -3.61. The number of anilines is 1. The summed E-state index contributed by atoms with van der Waals surface area (Å²) in [5.74, 6) is -0.101. The molecular weight excluding hydrogens is 495 g/mol. The van der Waals surface area contributed by atoms with Crippen LogP contribution in [0.25, 0.3) is 0 Å². The molecule has 32 heavy (non-hydrogen) atoms. The number of nitrogens with one attached hydrogen (secondary N) is 2. The fraction of sp³-hybridized carbons (Fsp3) is 0.250. The molecule has 2 N–H and O–H groups in total. The van der Waals surface area contributed by atoms with Gasteiger partial charge >= 0.3 is 0 Å². The number of carbonyl (C=O) groups excluding carboxylic acids is 1. The third-order valence-corrected chi connectivity index (χ3v) is 7.13. The molecule has 0 bridgehead atoms. The Hall–Kier alpha value is -2.24. The van der Waals surface area contributed by atoms with Gasteiger partial charge in [-0.1, -0.05) is 52.2 Å². The van der Waals surface area contributed by atoms with Gasteiger partial charge in [-0.3, -0.25) is 10.1 Å². The van der Waals surface area contributed by atoms with E-state index in [1.807, 2.05) is 6.92 Å². The Morgan fingerprint density at radius 3 is 2.56 bits per heavy atom. The molecule has 0 fully saturated rings. The number of carbonyl (C=O) groups is 1. The zero-order valence-electron chi connectivity index (χ0n) is 17.1. The highest BCUT2D eigenvalue weighted by Gasteiger charge is 2.19. The first-order valence-corrected chi connectivity index (χ1v) is 12.5. The van der Waals surface area contributed by atoms with Crippen LogP contribution in [0.4, 0.5) is 5.13 Å². The number of hydrogen-bond acceptors (Lipinski definition) is 7. The second kappa shape index (κ2) is 10.6. The van der Waals surface area contributed by atoms with E-state index in [0.29, 0.717) is 27.2 Å². The van der Waals surface area contributed by atoms with Crippen molar-refractivity contribution in [1.29, 1.82) is 0 Å². The van der Waals surface area contributed by atoms with Crippen LogP contribution in [0.1, 0.15) is 17.5 Å². The normalized spacial score (nSPS) is 12.4. The van der Waals surface area contributed by atoms with E-state index in [4.69, 9.17) is 27.9 Å². The number of hydrogen-bond donors (Lipinski definition) is 2. The Kier molecular flexibility index (Phi) is 8.07. The summed E-state index contributed by atoms with van der Waals surface area (Å²) < 4.78 is 32.7. The third kappa shape index (κ3) is 6.63. The van der Waals surface area contributed by atoms with Gasteiger partial charge in [0.1, 0.15) is 10.8 Å². The van der Waals surface area contributed by atoms with Gasteiger partial charge in [0.2, 0.25) is 15.2 Å². The number of nitrogens with zero attached hydrogens (tertiary/aromatic N) is 2. The average molecular weight is 515 g/mol. The first-order chi connectivity index (χ1) is 15.1. The van der Waals surface area contributed by atoms with Gasteiger partial charge in [-0.25, -0.2) is 13.1 Å². The van der Waals surface area contributed by atoms with Crippen molar-refractivity contribution in [2.75, 3.05) is 11.9 Å². The maximum Gasteiger partial charge on any atom is 0.266 e. The first kappa shape index (κ1) is 24.4. The largest absolute Gasteiger partial charge is 0.479 e. The molecule has 170 valence electrons. The van der Waals surface area contributed by atoms with Gasteiger partial charge < -0.3 is 4.74 Å². The second-order valence-corrected chi connectivity index (χ2v) is 10.5. The van der Waals surface area contributed by atoms with Crippen LogP contribution >= 0.6 is 34.5 Å². The predicted octanol–water partition coefficient (Wildman–Crippen LogP) is 4.08. The van der Waals surface area contributed by atoms with Gasteiger partial charge in [-0.05, 0) is 44.2 Å². The highest BCUT2D eigenvalue weighted by Crippen LogP contribution is 2.28. The molecule has 1 atom stereocenters. The number of amides is 1. The van der Waals surface area contributed by atoms with Crippen LogP contribution in [-0.2, 0) is 21.2 Å². The molecule has 12 heteroatoms. The van der Waals surface area contributed by atoms with Crippen molar-refractivity contribution in [1.82, 2.24) is 14.9 Å². The number of rotatable bonds is 9. The molecule has 2 aromatic carbocycles. The number of halogens is 2. The van der Waals surface area contributed by atoms with Crippen LogP contribution in [0.15, 0.2) is 47.4 Å². The lowest BCUT2D eigenvalue weighted by Gasteiger charge is -2.14. The van der Waals surface area contributed by atoms with E-state index >= 15 is 0 Å². The summed E-state index contributed by atoms with van der Waals surface area (Å²) >= 11 is 13.1. The minimum Gasteiger partial charge on any atom is -0.479 e. The van der Waals surface area contributed by atoms with Crippen molar-refractivity contribution >= 4 is 55.6 Å². The Balaban J connectivity index is 1.50. The molecule has 0 radical (unpaired) electrons. The lowest BCUT2D eigenvalue weighted by molar-refractivity contribution is -0.122. The van der Waals surface area contributed by atoms with Crippen molar-refractivity contribution in [3.8, 4) is 5.75 Å². The lowest BCUT2D eigenvalue weighted by Crippen LogP contribution is -2.30. The fourth-order valence-electron chi connectivity index (χ4n) is 2.52. The van der Waals surface area contributed by atoms with E-state index < -0.39 is 22.0 Å². The van der Waals surface area contributed by atoms with Gasteiger partial charge in [0.05, 0.1) is 9.92 Å². The summed E-state index contributed by atoms with van der Waals surface area (Å²) in [5.41, 5.74) is 0.975. The maximum atomic E-state index is 12.4. The molecule has 1 aromatic heterocycles. The van der Waals surface area contributed by atoms with Crippen molar-refractivity contribution in [3.05, 3.63) is 63.1 Å². The molecule has 0 saturated carbocycles. The van der Waals surface area contributed by atoms with E-state index in [2.05, 4.69) is 20.2 Å².